The van der Waals surface area contributed by atoms with E-state index in [1.807, 2.05) is 18.2 Å². The Balaban J connectivity index is 1.37. The number of aliphatic hydroxyl groups excluding tert-OH is 1. The van der Waals surface area contributed by atoms with Crippen LogP contribution in [0.5, 0.6) is 11.5 Å². The predicted octanol–water partition coefficient (Wildman–Crippen LogP) is 5.11. The number of aliphatic carboxylic acids is 1. The number of hydrogen-bond acceptors (Lipinski definition) is 6. The van der Waals surface area contributed by atoms with E-state index in [9.17, 15) is 28.2 Å². The minimum atomic E-state index is -1.09. The lowest BCUT2D eigenvalue weighted by Gasteiger charge is -2.41. The number of methoxy groups -OCH3 is 1. The molecule has 0 atom stereocenters. The second-order valence-corrected chi connectivity index (χ2v) is 10.1. The lowest BCUT2D eigenvalue weighted by atomic mass is 9.72. The molecule has 0 unspecified atom stereocenters. The van der Waals surface area contributed by atoms with E-state index in [2.05, 4.69) is 9.88 Å². The Morgan fingerprint density at radius 1 is 1.13 bits per heavy atom. The molecule has 1 fully saturated rings. The summed E-state index contributed by atoms with van der Waals surface area (Å²) < 4.78 is 51.3. The van der Waals surface area contributed by atoms with Crippen molar-refractivity contribution in [3.8, 4) is 11.5 Å². The molecule has 1 aliphatic rings. The van der Waals surface area contributed by atoms with E-state index < -0.39 is 29.2 Å². The number of pyridine rings is 1. The van der Waals surface area contributed by atoms with E-state index in [4.69, 9.17) is 9.47 Å². The second kappa shape index (κ2) is 12.7. The van der Waals surface area contributed by atoms with Crippen molar-refractivity contribution in [1.29, 1.82) is 0 Å². The Hall–Kier alpha value is -3.37. The SMILES string of the molecule is COc1ccc2ncc(CO)c(CCCC3(CC(=O)O)CCN(CCOc4c(F)cc(F)cc4F)CC3)c2c1. The molecule has 210 valence electrons. The van der Waals surface area contributed by atoms with Gasteiger partial charge in [0.15, 0.2) is 17.4 Å². The number of rotatable bonds is 12. The van der Waals surface area contributed by atoms with Gasteiger partial charge in [-0.25, -0.2) is 13.2 Å². The predicted molar refractivity (Wildman–Crippen MR) is 139 cm³/mol. The van der Waals surface area contributed by atoms with Crippen LogP contribution in [0.3, 0.4) is 0 Å². The van der Waals surface area contributed by atoms with Crippen LogP contribution >= 0.6 is 0 Å². The van der Waals surface area contributed by atoms with Crippen molar-refractivity contribution in [2.45, 2.75) is 45.1 Å². The first-order valence-electron chi connectivity index (χ1n) is 13.0. The number of benzene rings is 2. The molecule has 2 aromatic carbocycles. The molecular formula is C29H33F3N2O5. The van der Waals surface area contributed by atoms with E-state index in [0.29, 0.717) is 63.2 Å². The highest BCUT2D eigenvalue weighted by Gasteiger charge is 2.36. The van der Waals surface area contributed by atoms with Crippen LogP contribution in [0, 0.1) is 22.9 Å². The van der Waals surface area contributed by atoms with Crippen molar-refractivity contribution in [3.63, 3.8) is 0 Å². The van der Waals surface area contributed by atoms with Gasteiger partial charge in [-0.3, -0.25) is 14.7 Å². The zero-order valence-electron chi connectivity index (χ0n) is 21.9. The maximum atomic E-state index is 13.8. The van der Waals surface area contributed by atoms with Gasteiger partial charge in [-0.15, -0.1) is 0 Å². The van der Waals surface area contributed by atoms with Crippen LogP contribution in [-0.4, -0.2) is 59.4 Å². The highest BCUT2D eigenvalue weighted by molar-refractivity contribution is 5.84. The van der Waals surface area contributed by atoms with E-state index in [0.717, 1.165) is 28.5 Å². The molecule has 2 N–H and O–H groups in total. The molecule has 0 bridgehead atoms. The number of nitrogens with zero attached hydrogens (tertiary/aromatic N) is 2. The highest BCUT2D eigenvalue weighted by Crippen LogP contribution is 2.40. The van der Waals surface area contributed by atoms with Gasteiger partial charge in [-0.2, -0.15) is 0 Å². The summed E-state index contributed by atoms with van der Waals surface area (Å²) >= 11 is 0. The summed E-state index contributed by atoms with van der Waals surface area (Å²) in [6.07, 6.45) is 5.17. The van der Waals surface area contributed by atoms with Crippen LogP contribution in [0.1, 0.15) is 43.2 Å². The Morgan fingerprint density at radius 2 is 1.85 bits per heavy atom. The number of aryl methyl sites for hydroxylation is 1. The number of hydrogen-bond donors (Lipinski definition) is 2. The average Bonchev–Trinajstić information content (AvgIpc) is 2.90. The van der Waals surface area contributed by atoms with Gasteiger partial charge in [-0.05, 0) is 79.9 Å². The van der Waals surface area contributed by atoms with Crippen molar-refractivity contribution in [2.75, 3.05) is 33.4 Å². The molecule has 0 amide bonds. The largest absolute Gasteiger partial charge is 0.497 e. The average molecular weight is 547 g/mol. The first kappa shape index (κ1) is 28.6. The summed E-state index contributed by atoms with van der Waals surface area (Å²) in [5, 5.41) is 20.5. The number of likely N-dealkylation sites (tertiary alicyclic amines) is 1. The third-order valence-electron chi connectivity index (χ3n) is 7.64. The van der Waals surface area contributed by atoms with Gasteiger partial charge in [0.05, 0.1) is 25.7 Å². The Labute approximate surface area is 225 Å². The monoisotopic (exact) mass is 546 g/mol. The third kappa shape index (κ3) is 6.99. The van der Waals surface area contributed by atoms with E-state index >= 15 is 0 Å². The molecule has 1 saturated heterocycles. The van der Waals surface area contributed by atoms with Gasteiger partial charge in [0.1, 0.15) is 18.2 Å². The van der Waals surface area contributed by atoms with E-state index in [-0.39, 0.29) is 25.0 Å². The Bertz CT molecular complexity index is 1280. The molecule has 1 aromatic heterocycles. The van der Waals surface area contributed by atoms with Gasteiger partial charge in [0, 0.05) is 30.3 Å². The molecule has 0 spiro atoms. The van der Waals surface area contributed by atoms with Gasteiger partial charge < -0.3 is 19.7 Å². The van der Waals surface area contributed by atoms with Crippen LogP contribution in [0.15, 0.2) is 36.5 Å². The molecule has 2 heterocycles. The summed E-state index contributed by atoms with van der Waals surface area (Å²) in [6, 6.07) is 6.78. The van der Waals surface area contributed by atoms with Crippen LogP contribution in [-0.2, 0) is 17.8 Å². The fourth-order valence-electron chi connectivity index (χ4n) is 5.50. The molecular weight excluding hydrogens is 513 g/mol. The van der Waals surface area contributed by atoms with Crippen LogP contribution in [0.4, 0.5) is 13.2 Å². The van der Waals surface area contributed by atoms with Gasteiger partial charge in [-0.1, -0.05) is 0 Å². The summed E-state index contributed by atoms with van der Waals surface area (Å²) in [6.45, 7) is 1.54. The second-order valence-electron chi connectivity index (χ2n) is 10.1. The van der Waals surface area contributed by atoms with Crippen molar-refractivity contribution in [1.82, 2.24) is 9.88 Å². The maximum Gasteiger partial charge on any atom is 0.303 e. The van der Waals surface area contributed by atoms with Crippen molar-refractivity contribution >= 4 is 16.9 Å². The number of piperidine rings is 1. The number of carbonyl (C=O) groups is 1. The van der Waals surface area contributed by atoms with E-state index in [1.54, 1.807) is 13.3 Å². The molecule has 10 heteroatoms. The Kier molecular flexibility index (Phi) is 9.29. The fourth-order valence-corrected chi connectivity index (χ4v) is 5.50. The molecule has 3 aromatic rings. The fraction of sp³-hybridized carbons (Fsp3) is 0.448. The molecule has 7 nitrogen and oxygen atoms in total. The van der Waals surface area contributed by atoms with Crippen LogP contribution < -0.4 is 9.47 Å². The zero-order valence-corrected chi connectivity index (χ0v) is 21.9. The standard InChI is InChI=1S/C29H33F3N2O5/c1-38-21-4-5-26-23(15-21)22(19(18-35)17-33-26)3-2-6-29(16-27(36)37)7-9-34(10-8-29)11-12-39-28-24(31)13-20(30)14-25(28)32/h4-5,13-15,17,35H,2-3,6-12,16,18H2,1H3,(H,36,37). The maximum absolute atomic E-state index is 13.8. The summed E-state index contributed by atoms with van der Waals surface area (Å²) in [7, 11) is 1.59. The number of aromatic nitrogens is 1. The number of aliphatic hydroxyl groups is 1. The number of ether oxygens (including phenoxy) is 2. The lowest BCUT2D eigenvalue weighted by molar-refractivity contribution is -0.140. The first-order valence-corrected chi connectivity index (χ1v) is 13.0. The molecule has 1 aliphatic heterocycles. The normalized spacial score (nSPS) is 15.4. The minimum absolute atomic E-state index is 0.0217. The van der Waals surface area contributed by atoms with Crippen molar-refractivity contribution in [2.24, 2.45) is 5.41 Å². The zero-order chi connectivity index (χ0) is 28.0. The number of carboxylic acid groups (broad SMARTS) is 1. The number of fused-ring (bicyclic) bond motifs is 1. The Morgan fingerprint density at radius 3 is 2.49 bits per heavy atom. The number of carboxylic acids is 1. The summed E-state index contributed by atoms with van der Waals surface area (Å²) in [5.41, 5.74) is 2.16. The van der Waals surface area contributed by atoms with E-state index in [1.165, 1.54) is 0 Å². The molecule has 39 heavy (non-hydrogen) atoms. The minimum Gasteiger partial charge on any atom is -0.497 e. The van der Waals surface area contributed by atoms with Crippen LogP contribution in [0.2, 0.25) is 0 Å². The quantitative estimate of drug-likeness (QED) is 0.326. The van der Waals surface area contributed by atoms with Crippen LogP contribution in [0.25, 0.3) is 10.9 Å². The van der Waals surface area contributed by atoms with Gasteiger partial charge in [0.25, 0.3) is 0 Å². The number of halogens is 3. The first-order chi connectivity index (χ1) is 18.7. The summed E-state index contributed by atoms with van der Waals surface area (Å²) in [4.78, 5) is 18.3. The summed E-state index contributed by atoms with van der Waals surface area (Å²) in [5.74, 6) is -3.93. The van der Waals surface area contributed by atoms with Crippen molar-refractivity contribution in [3.05, 3.63) is 65.1 Å². The van der Waals surface area contributed by atoms with Gasteiger partial charge >= 0.3 is 5.97 Å². The van der Waals surface area contributed by atoms with Gasteiger partial charge in [0.2, 0.25) is 0 Å². The third-order valence-corrected chi connectivity index (χ3v) is 7.64. The highest BCUT2D eigenvalue weighted by atomic mass is 19.1. The molecule has 0 aliphatic carbocycles. The van der Waals surface area contributed by atoms with Crippen molar-refractivity contribution < 1.29 is 37.7 Å². The smallest absolute Gasteiger partial charge is 0.303 e. The lowest BCUT2D eigenvalue weighted by Crippen LogP contribution is -2.42. The topological polar surface area (TPSA) is 92.1 Å². The molecule has 0 saturated carbocycles. The molecule has 4 rings (SSSR count). The molecule has 0 radical (unpaired) electrons.